The molecular formula is C54H36FN. The van der Waals surface area contributed by atoms with Gasteiger partial charge in [-0.3, -0.25) is 0 Å². The van der Waals surface area contributed by atoms with E-state index in [2.05, 4.69) is 199 Å². The van der Waals surface area contributed by atoms with Crippen LogP contribution in [-0.2, 0) is 0 Å². The summed E-state index contributed by atoms with van der Waals surface area (Å²) in [5, 5.41) is 9.84. The highest BCUT2D eigenvalue weighted by atomic mass is 19.1. The minimum absolute atomic E-state index is 0.253. The van der Waals surface area contributed by atoms with Crippen LogP contribution >= 0.6 is 0 Å². The normalized spacial score (nSPS) is 11.6. The Hall–Kier alpha value is -7.29. The Balaban J connectivity index is 0.979. The number of hydrogen-bond donors (Lipinski definition) is 0. The first-order valence-electron chi connectivity index (χ1n) is 19.0. The first-order chi connectivity index (χ1) is 27.7. The van der Waals surface area contributed by atoms with E-state index in [1.54, 1.807) is 0 Å². The molecule has 0 atom stereocenters. The van der Waals surface area contributed by atoms with Gasteiger partial charge in [0.2, 0.25) is 0 Å². The van der Waals surface area contributed by atoms with Gasteiger partial charge in [0, 0.05) is 17.1 Å². The van der Waals surface area contributed by atoms with Gasteiger partial charge in [0.15, 0.2) is 0 Å². The Morgan fingerprint density at radius 3 is 1.43 bits per heavy atom. The van der Waals surface area contributed by atoms with Crippen LogP contribution in [0.2, 0.25) is 0 Å². The van der Waals surface area contributed by atoms with Crippen molar-refractivity contribution in [3.63, 3.8) is 0 Å². The van der Waals surface area contributed by atoms with Crippen molar-refractivity contribution < 1.29 is 4.39 Å². The first-order valence-corrected chi connectivity index (χ1v) is 19.0. The SMILES string of the molecule is Fc1ccc(N(c2ccc(/C=C/c3ccc(-c4c5ccccc5c(-c5cccc6ccccc56)c5ccccc45)cc3)cc2)c2ccc3ccccc3c2)cc1. The molecule has 0 heterocycles. The van der Waals surface area contributed by atoms with Crippen LogP contribution < -0.4 is 4.90 Å². The zero-order valence-electron chi connectivity index (χ0n) is 30.6. The summed E-state index contributed by atoms with van der Waals surface area (Å²) < 4.78 is 14.0. The van der Waals surface area contributed by atoms with Crippen molar-refractivity contribution in [1.29, 1.82) is 0 Å². The minimum atomic E-state index is -0.253. The summed E-state index contributed by atoms with van der Waals surface area (Å²) in [6, 6.07) is 71.8. The summed E-state index contributed by atoms with van der Waals surface area (Å²) in [6.45, 7) is 0. The maximum atomic E-state index is 14.0. The van der Waals surface area contributed by atoms with E-state index in [0.29, 0.717) is 0 Å². The second kappa shape index (κ2) is 14.2. The van der Waals surface area contributed by atoms with Crippen LogP contribution in [-0.4, -0.2) is 0 Å². The van der Waals surface area contributed by atoms with Gasteiger partial charge in [-0.1, -0.05) is 170 Å². The standard InChI is InChI=1S/C54H36FN/c55-43-29-34-45(35-30-43)56(46-33-28-39-10-1-2-12-42(39)36-46)44-31-24-38(25-32-44)21-20-37-22-26-41(27-23-37)53-49-15-5-7-17-51(49)54(52-18-8-6-16-50(52)53)48-19-9-13-40-11-3-4-14-47(40)48/h1-36H/b21-20+. The molecule has 2 heteroatoms. The molecule has 0 aromatic heterocycles. The lowest BCUT2D eigenvalue weighted by Gasteiger charge is -2.26. The molecule has 0 aliphatic heterocycles. The molecule has 0 fully saturated rings. The Kier molecular flexibility index (Phi) is 8.42. The van der Waals surface area contributed by atoms with Crippen LogP contribution in [0.3, 0.4) is 0 Å². The highest BCUT2D eigenvalue weighted by Crippen LogP contribution is 2.45. The summed E-state index contributed by atoms with van der Waals surface area (Å²) in [5.41, 5.74) is 10.1. The first kappa shape index (κ1) is 33.3. The zero-order chi connectivity index (χ0) is 37.4. The van der Waals surface area contributed by atoms with Crippen LogP contribution in [0.1, 0.15) is 11.1 Å². The van der Waals surface area contributed by atoms with Crippen LogP contribution in [0.4, 0.5) is 21.5 Å². The van der Waals surface area contributed by atoms with Crippen molar-refractivity contribution in [1.82, 2.24) is 0 Å². The third-order valence-electron chi connectivity index (χ3n) is 10.9. The summed E-state index contributed by atoms with van der Waals surface area (Å²) in [5.74, 6) is -0.253. The third kappa shape index (κ3) is 6.08. The quantitative estimate of drug-likeness (QED) is 0.117. The highest BCUT2D eigenvalue weighted by Gasteiger charge is 2.18. The summed E-state index contributed by atoms with van der Waals surface area (Å²) in [7, 11) is 0. The molecule has 1 nitrogen and oxygen atoms in total. The Morgan fingerprint density at radius 1 is 0.339 bits per heavy atom. The van der Waals surface area contributed by atoms with Crippen LogP contribution in [0.15, 0.2) is 206 Å². The molecule has 10 rings (SSSR count). The fraction of sp³-hybridized carbons (Fsp3) is 0. The topological polar surface area (TPSA) is 3.24 Å². The molecular weight excluding hydrogens is 682 g/mol. The lowest BCUT2D eigenvalue weighted by atomic mass is 9.84. The van der Waals surface area contributed by atoms with Gasteiger partial charge in [0.1, 0.15) is 5.82 Å². The molecule has 10 aromatic rings. The fourth-order valence-corrected chi connectivity index (χ4v) is 8.21. The van der Waals surface area contributed by atoms with Crippen molar-refractivity contribution >= 4 is 72.3 Å². The average molecular weight is 718 g/mol. The maximum Gasteiger partial charge on any atom is 0.123 e. The van der Waals surface area contributed by atoms with Gasteiger partial charge in [-0.15, -0.1) is 0 Å². The Labute approximate surface area is 325 Å². The van der Waals surface area contributed by atoms with Crippen molar-refractivity contribution in [2.45, 2.75) is 0 Å². The Bertz CT molecular complexity index is 3010. The molecule has 264 valence electrons. The van der Waals surface area contributed by atoms with Gasteiger partial charge in [0.25, 0.3) is 0 Å². The van der Waals surface area contributed by atoms with Gasteiger partial charge in [-0.2, -0.15) is 0 Å². The molecule has 0 aliphatic rings. The molecule has 0 amide bonds. The molecule has 0 spiro atoms. The van der Waals surface area contributed by atoms with E-state index in [-0.39, 0.29) is 5.82 Å². The fourth-order valence-electron chi connectivity index (χ4n) is 8.21. The van der Waals surface area contributed by atoms with Crippen molar-refractivity contribution in [2.24, 2.45) is 0 Å². The molecule has 0 saturated carbocycles. The van der Waals surface area contributed by atoms with Crippen molar-refractivity contribution in [2.75, 3.05) is 4.90 Å². The van der Waals surface area contributed by atoms with Crippen molar-refractivity contribution in [3.05, 3.63) is 223 Å². The van der Waals surface area contributed by atoms with Gasteiger partial charge >= 0.3 is 0 Å². The van der Waals surface area contributed by atoms with E-state index >= 15 is 0 Å². The average Bonchev–Trinajstić information content (AvgIpc) is 3.26. The van der Waals surface area contributed by atoms with Gasteiger partial charge < -0.3 is 4.90 Å². The molecule has 10 aromatic carbocycles. The molecule has 0 saturated heterocycles. The summed E-state index contributed by atoms with van der Waals surface area (Å²) >= 11 is 0. The van der Waals surface area contributed by atoms with E-state index in [9.17, 15) is 4.39 Å². The van der Waals surface area contributed by atoms with E-state index in [1.807, 2.05) is 12.1 Å². The molecule has 0 radical (unpaired) electrons. The summed E-state index contributed by atoms with van der Waals surface area (Å²) in [4.78, 5) is 2.17. The van der Waals surface area contributed by atoms with E-state index in [4.69, 9.17) is 0 Å². The smallest absolute Gasteiger partial charge is 0.123 e. The molecule has 0 aliphatic carbocycles. The van der Waals surface area contributed by atoms with Gasteiger partial charge in [0.05, 0.1) is 0 Å². The van der Waals surface area contributed by atoms with Crippen LogP contribution in [0, 0.1) is 5.82 Å². The number of anilines is 3. The second-order valence-corrected chi connectivity index (χ2v) is 14.3. The van der Waals surface area contributed by atoms with Crippen LogP contribution in [0.25, 0.3) is 77.5 Å². The number of benzene rings is 10. The maximum absolute atomic E-state index is 14.0. The Morgan fingerprint density at radius 2 is 0.804 bits per heavy atom. The van der Waals surface area contributed by atoms with E-state index in [0.717, 1.165) is 33.6 Å². The van der Waals surface area contributed by atoms with Crippen molar-refractivity contribution in [3.8, 4) is 22.3 Å². The lowest BCUT2D eigenvalue weighted by molar-refractivity contribution is 0.628. The van der Waals surface area contributed by atoms with E-state index in [1.165, 1.54) is 72.1 Å². The predicted molar refractivity (Wildman–Crippen MR) is 237 cm³/mol. The molecule has 0 N–H and O–H groups in total. The monoisotopic (exact) mass is 717 g/mol. The van der Waals surface area contributed by atoms with E-state index < -0.39 is 0 Å². The zero-order valence-corrected chi connectivity index (χ0v) is 30.6. The number of fused-ring (bicyclic) bond motifs is 4. The van der Waals surface area contributed by atoms with Gasteiger partial charge in [-0.25, -0.2) is 4.39 Å². The lowest BCUT2D eigenvalue weighted by Crippen LogP contribution is -2.09. The molecule has 0 bridgehead atoms. The number of hydrogen-bond acceptors (Lipinski definition) is 1. The highest BCUT2D eigenvalue weighted by molar-refractivity contribution is 6.23. The predicted octanol–water partition coefficient (Wildman–Crippen LogP) is 15.4. The molecule has 0 unspecified atom stereocenters. The number of nitrogens with zero attached hydrogens (tertiary/aromatic N) is 1. The molecule has 56 heavy (non-hydrogen) atoms. The largest absolute Gasteiger partial charge is 0.310 e. The van der Waals surface area contributed by atoms with Crippen LogP contribution in [0.5, 0.6) is 0 Å². The minimum Gasteiger partial charge on any atom is -0.310 e. The summed E-state index contributed by atoms with van der Waals surface area (Å²) in [6.07, 6.45) is 4.32. The number of halogens is 1. The third-order valence-corrected chi connectivity index (χ3v) is 10.9. The second-order valence-electron chi connectivity index (χ2n) is 14.3. The van der Waals surface area contributed by atoms with Gasteiger partial charge in [-0.05, 0) is 125 Å². The number of rotatable bonds is 7.